The molecule has 0 bridgehead atoms. The van der Waals surface area contributed by atoms with Crippen molar-refractivity contribution in [1.82, 2.24) is 0 Å². The molecule has 0 aliphatic heterocycles. The quantitative estimate of drug-likeness (QED) is 0.232. The van der Waals surface area contributed by atoms with E-state index in [0.29, 0.717) is 10.9 Å². The second kappa shape index (κ2) is 7.57. The lowest BCUT2D eigenvalue weighted by atomic mass is 9.84. The zero-order chi connectivity index (χ0) is 35.5. The summed E-state index contributed by atoms with van der Waals surface area (Å²) >= 11 is 0. The zero-order valence-corrected chi connectivity index (χ0v) is 17.5. The average Bonchev–Trinajstić information content (AvgIpc) is 3.10. The molecule has 7 rings (SSSR count). The topological polar surface area (TPSA) is 0 Å². The van der Waals surface area contributed by atoms with E-state index in [4.69, 9.17) is 15.1 Å². The fraction of sp³-hybridized carbons (Fsp3) is 0. The minimum atomic E-state index is -0.742. The van der Waals surface area contributed by atoms with Gasteiger partial charge < -0.3 is 0 Å². The van der Waals surface area contributed by atoms with Gasteiger partial charge in [0.15, 0.2) is 0 Å². The van der Waals surface area contributed by atoms with Gasteiger partial charge in [0.2, 0.25) is 0 Å². The van der Waals surface area contributed by atoms with Crippen LogP contribution in [0.25, 0.3) is 65.3 Å². The van der Waals surface area contributed by atoms with Crippen LogP contribution in [-0.4, -0.2) is 0 Å². The standard InChI is InChI=1S/C34H22/c1-3-15-25-23(11-1)13-9-21-27(25)33-29-17-5-7-19-31(29)34(32-20-8-6-18-30(32)33)28-22-10-14-24-12-2-4-16-26(24)28/h1-22H/i1D,3D,5D,6D,7D,8D,9D,11D,13D,15D,17D,18D,19D,20D,21D. The Balaban J connectivity index is 1.95. The Kier molecular flexibility index (Phi) is 2.10. The van der Waals surface area contributed by atoms with Gasteiger partial charge in [0.25, 0.3) is 0 Å². The average molecular weight is 446 g/mol. The Bertz CT molecular complexity index is 2570. The van der Waals surface area contributed by atoms with Crippen molar-refractivity contribution in [3.05, 3.63) is 133 Å². The van der Waals surface area contributed by atoms with Crippen LogP contribution in [0, 0.1) is 0 Å². The Morgan fingerprint density at radius 2 is 0.882 bits per heavy atom. The highest BCUT2D eigenvalue weighted by molar-refractivity contribution is 6.25. The van der Waals surface area contributed by atoms with Crippen LogP contribution in [0.4, 0.5) is 0 Å². The van der Waals surface area contributed by atoms with Crippen molar-refractivity contribution in [2.24, 2.45) is 0 Å². The monoisotopic (exact) mass is 445 g/mol. The molecular formula is C34H22. The lowest BCUT2D eigenvalue weighted by Gasteiger charge is -2.19. The van der Waals surface area contributed by atoms with Crippen molar-refractivity contribution in [1.29, 1.82) is 0 Å². The maximum Gasteiger partial charge on any atom is 0.0629 e. The Hall–Kier alpha value is -4.42. The van der Waals surface area contributed by atoms with E-state index in [9.17, 15) is 5.48 Å². The van der Waals surface area contributed by atoms with Crippen molar-refractivity contribution in [3.8, 4) is 22.3 Å². The van der Waals surface area contributed by atoms with Crippen LogP contribution in [0.3, 0.4) is 0 Å². The van der Waals surface area contributed by atoms with E-state index in [1.807, 2.05) is 12.1 Å². The number of fused-ring (bicyclic) bond motifs is 4. The first-order valence-corrected chi connectivity index (χ1v) is 10.6. The molecule has 7 aromatic rings. The van der Waals surface area contributed by atoms with Gasteiger partial charge in [-0.05, 0) is 65.3 Å². The molecule has 0 heteroatoms. The molecule has 158 valence electrons. The highest BCUT2D eigenvalue weighted by Gasteiger charge is 2.18. The molecule has 0 amide bonds. The summed E-state index contributed by atoms with van der Waals surface area (Å²) in [6.07, 6.45) is 0. The van der Waals surface area contributed by atoms with Gasteiger partial charge >= 0.3 is 0 Å². The van der Waals surface area contributed by atoms with Crippen LogP contribution < -0.4 is 0 Å². The van der Waals surface area contributed by atoms with Gasteiger partial charge in [-0.2, -0.15) is 0 Å². The van der Waals surface area contributed by atoms with E-state index in [1.54, 1.807) is 30.3 Å². The second-order valence-corrected chi connectivity index (χ2v) is 7.78. The molecule has 0 heterocycles. The van der Waals surface area contributed by atoms with E-state index in [0.717, 1.165) is 5.39 Å². The zero-order valence-electron chi connectivity index (χ0n) is 32.5. The molecule has 0 spiro atoms. The van der Waals surface area contributed by atoms with Crippen molar-refractivity contribution in [3.63, 3.8) is 0 Å². The van der Waals surface area contributed by atoms with Crippen LogP contribution in [0.5, 0.6) is 0 Å². The molecule has 0 unspecified atom stereocenters. The fourth-order valence-corrected chi connectivity index (χ4v) is 4.59. The summed E-state index contributed by atoms with van der Waals surface area (Å²) in [4.78, 5) is 0. The lowest BCUT2D eigenvalue weighted by molar-refractivity contribution is 1.68. The van der Waals surface area contributed by atoms with Crippen molar-refractivity contribution in [2.75, 3.05) is 0 Å². The minimum Gasteiger partial charge on any atom is -0.0616 e. The molecule has 34 heavy (non-hydrogen) atoms. The van der Waals surface area contributed by atoms with E-state index in [-0.39, 0.29) is 32.7 Å². The number of benzene rings is 7. The fourth-order valence-electron chi connectivity index (χ4n) is 4.59. The van der Waals surface area contributed by atoms with Crippen LogP contribution >= 0.6 is 0 Å². The van der Waals surface area contributed by atoms with E-state index in [1.165, 1.54) is 0 Å². The molecule has 0 fully saturated rings. The van der Waals surface area contributed by atoms with E-state index >= 15 is 0 Å². The normalized spacial score (nSPS) is 17.7. The van der Waals surface area contributed by atoms with Crippen LogP contribution in [0.2, 0.25) is 0 Å². The van der Waals surface area contributed by atoms with Gasteiger partial charge in [0.05, 0.1) is 20.6 Å². The van der Waals surface area contributed by atoms with E-state index in [2.05, 4.69) is 0 Å². The van der Waals surface area contributed by atoms with Crippen LogP contribution in [0.15, 0.2) is 133 Å². The maximum atomic E-state index is 9.20. The highest BCUT2D eigenvalue weighted by atomic mass is 14.2. The highest BCUT2D eigenvalue weighted by Crippen LogP contribution is 2.46. The van der Waals surface area contributed by atoms with Crippen molar-refractivity contribution < 1.29 is 20.6 Å². The Morgan fingerprint density at radius 1 is 0.353 bits per heavy atom. The number of hydrogen-bond donors (Lipinski definition) is 0. The summed E-state index contributed by atoms with van der Waals surface area (Å²) in [7, 11) is 0. The molecule has 0 atom stereocenters. The minimum absolute atomic E-state index is 0.0745. The summed E-state index contributed by atoms with van der Waals surface area (Å²) in [5.74, 6) is 0. The first-order valence-electron chi connectivity index (χ1n) is 18.1. The Labute approximate surface area is 219 Å². The molecule has 0 saturated carbocycles. The maximum absolute atomic E-state index is 9.20. The molecule has 0 radical (unpaired) electrons. The van der Waals surface area contributed by atoms with Crippen molar-refractivity contribution in [2.45, 2.75) is 0 Å². The first kappa shape index (κ1) is 9.44. The third kappa shape index (κ3) is 2.79. The van der Waals surface area contributed by atoms with Gasteiger partial charge in [0, 0.05) is 0 Å². The molecule has 0 N–H and O–H groups in total. The molecule has 0 nitrogen and oxygen atoms in total. The van der Waals surface area contributed by atoms with Gasteiger partial charge in [-0.15, -0.1) is 0 Å². The molecule has 0 saturated heterocycles. The van der Waals surface area contributed by atoms with Crippen LogP contribution in [0.1, 0.15) is 20.6 Å². The largest absolute Gasteiger partial charge is 0.0629 e. The van der Waals surface area contributed by atoms with Gasteiger partial charge in [-0.3, -0.25) is 0 Å². The smallest absolute Gasteiger partial charge is 0.0616 e. The van der Waals surface area contributed by atoms with Gasteiger partial charge in [-0.25, -0.2) is 0 Å². The number of hydrogen-bond acceptors (Lipinski definition) is 0. The third-order valence-corrected chi connectivity index (χ3v) is 6.00. The molecule has 0 aliphatic carbocycles. The summed E-state index contributed by atoms with van der Waals surface area (Å²) in [6.45, 7) is 0. The number of rotatable bonds is 2. The molecular weight excluding hydrogens is 408 g/mol. The summed E-state index contributed by atoms with van der Waals surface area (Å²) in [5.41, 5.74) is -0.278. The summed E-state index contributed by atoms with van der Waals surface area (Å²) < 4.78 is 132. The van der Waals surface area contributed by atoms with Gasteiger partial charge in [0.1, 0.15) is 0 Å². The predicted molar refractivity (Wildman–Crippen MR) is 147 cm³/mol. The van der Waals surface area contributed by atoms with Gasteiger partial charge in [-0.1, -0.05) is 133 Å². The SMILES string of the molecule is [2H]c1c([2H])c([2H])c2c(-c3c4c([2H])c([2H])c([2H])c([2H])c4c(-c4cccc5ccccc45)c4c([2H])c([2H])c([2H])c([2H])c34)c([2H])c([2H])c([2H])c2c1[2H]. The first-order chi connectivity index (χ1) is 23.1. The van der Waals surface area contributed by atoms with E-state index < -0.39 is 107 Å². The summed E-state index contributed by atoms with van der Waals surface area (Å²) in [5, 5.41) is -0.285. The lowest BCUT2D eigenvalue weighted by Crippen LogP contribution is -1.92. The van der Waals surface area contributed by atoms with Crippen LogP contribution in [-0.2, 0) is 0 Å². The predicted octanol–water partition coefficient (Wildman–Crippen LogP) is 9.63. The Morgan fingerprint density at radius 3 is 1.59 bits per heavy atom. The molecule has 7 aromatic carbocycles. The third-order valence-electron chi connectivity index (χ3n) is 6.00. The second-order valence-electron chi connectivity index (χ2n) is 7.78. The summed E-state index contributed by atoms with van der Waals surface area (Å²) in [6, 6.07) is 2.49. The molecule has 0 aliphatic rings. The van der Waals surface area contributed by atoms with Crippen molar-refractivity contribution >= 4 is 43.1 Å². The molecule has 0 aromatic heterocycles.